The summed E-state index contributed by atoms with van der Waals surface area (Å²) in [5.74, 6) is -0.270. The molecule has 6 heteroatoms. The van der Waals surface area contributed by atoms with E-state index in [4.69, 9.17) is 0 Å². The normalized spacial score (nSPS) is 11.2. The van der Waals surface area contributed by atoms with Crippen LogP contribution < -0.4 is 11.2 Å². The molecule has 0 saturated heterocycles. The highest BCUT2D eigenvalue weighted by atomic mass is 32.1. The van der Waals surface area contributed by atoms with Crippen molar-refractivity contribution in [1.82, 2.24) is 9.55 Å². The van der Waals surface area contributed by atoms with Crippen LogP contribution in [0.1, 0.15) is 32.6 Å². The molecular weight excluding hydrogens is 396 g/mol. The maximum absolute atomic E-state index is 13.3. The summed E-state index contributed by atoms with van der Waals surface area (Å²) in [6.07, 6.45) is 0. The summed E-state index contributed by atoms with van der Waals surface area (Å²) in [7, 11) is 0. The second kappa shape index (κ2) is 7.54. The first-order valence-electron chi connectivity index (χ1n) is 9.68. The molecule has 2 aromatic heterocycles. The van der Waals surface area contributed by atoms with Gasteiger partial charge in [0.1, 0.15) is 4.83 Å². The molecule has 0 aliphatic carbocycles. The number of carbonyl (C=O) groups excluding carboxylic acids is 1. The van der Waals surface area contributed by atoms with E-state index in [1.165, 1.54) is 11.3 Å². The van der Waals surface area contributed by atoms with Gasteiger partial charge < -0.3 is 0 Å². The monoisotopic (exact) mass is 418 g/mol. The number of carbonyl (C=O) groups is 1. The van der Waals surface area contributed by atoms with Crippen LogP contribution in [0.3, 0.4) is 0 Å². The fourth-order valence-electron chi connectivity index (χ4n) is 3.66. The standard InChI is InChI=1S/C24H22N2O3S/c1-13-5-8-18(16(4)9-13)19-12-30-22-21(19)23(28)26(24(29)25-22)11-20(27)17-7-6-14(2)15(3)10-17/h5-10,12H,11H2,1-4H3,(H,25,29). The average molecular weight is 419 g/mol. The quantitative estimate of drug-likeness (QED) is 0.495. The van der Waals surface area contributed by atoms with Crippen molar-refractivity contribution in [3.05, 3.63) is 90.4 Å². The fourth-order valence-corrected chi connectivity index (χ4v) is 4.60. The van der Waals surface area contributed by atoms with Crippen molar-refractivity contribution in [3.8, 4) is 11.1 Å². The molecule has 5 nitrogen and oxygen atoms in total. The van der Waals surface area contributed by atoms with E-state index in [-0.39, 0.29) is 12.3 Å². The first-order chi connectivity index (χ1) is 14.3. The number of nitrogens with zero attached hydrogens (tertiary/aromatic N) is 1. The molecule has 2 aromatic carbocycles. The number of hydrogen-bond donors (Lipinski definition) is 1. The van der Waals surface area contributed by atoms with E-state index >= 15 is 0 Å². The third kappa shape index (κ3) is 3.44. The van der Waals surface area contributed by atoms with Gasteiger partial charge in [0.2, 0.25) is 0 Å². The minimum absolute atomic E-state index is 0.270. The molecule has 1 N–H and O–H groups in total. The smallest absolute Gasteiger partial charge is 0.298 e. The molecule has 0 atom stereocenters. The van der Waals surface area contributed by atoms with E-state index in [9.17, 15) is 14.4 Å². The molecule has 0 fully saturated rings. The van der Waals surface area contributed by atoms with Crippen molar-refractivity contribution < 1.29 is 4.79 Å². The zero-order valence-electron chi connectivity index (χ0n) is 17.3. The number of aromatic amines is 1. The zero-order valence-corrected chi connectivity index (χ0v) is 18.1. The van der Waals surface area contributed by atoms with Gasteiger partial charge in [0, 0.05) is 16.5 Å². The SMILES string of the molecule is Cc1ccc(-c2csc3[nH]c(=O)n(CC(=O)c4ccc(C)c(C)c4)c(=O)c23)c(C)c1. The van der Waals surface area contributed by atoms with Crippen molar-refractivity contribution in [1.29, 1.82) is 0 Å². The zero-order chi connectivity index (χ0) is 21.6. The van der Waals surface area contributed by atoms with Gasteiger partial charge in [-0.25, -0.2) is 4.79 Å². The van der Waals surface area contributed by atoms with Crippen LogP contribution in [0.2, 0.25) is 0 Å². The lowest BCUT2D eigenvalue weighted by Crippen LogP contribution is -2.37. The Balaban J connectivity index is 1.83. The number of hydrogen-bond acceptors (Lipinski definition) is 4. The van der Waals surface area contributed by atoms with Gasteiger partial charge in [-0.3, -0.25) is 19.1 Å². The Morgan fingerprint density at radius 1 is 0.933 bits per heavy atom. The van der Waals surface area contributed by atoms with Gasteiger partial charge in [0.05, 0.1) is 11.9 Å². The molecule has 0 aliphatic heterocycles. The summed E-state index contributed by atoms with van der Waals surface area (Å²) in [5, 5.41) is 2.33. The Kier molecular flexibility index (Phi) is 5.03. The van der Waals surface area contributed by atoms with Crippen molar-refractivity contribution in [2.75, 3.05) is 0 Å². The number of aromatic nitrogens is 2. The molecule has 2 heterocycles. The van der Waals surface area contributed by atoms with Crippen LogP contribution in [0.4, 0.5) is 0 Å². The largest absolute Gasteiger partial charge is 0.329 e. The molecule has 0 bridgehead atoms. The Hall–Kier alpha value is -3.25. The van der Waals surface area contributed by atoms with Crippen LogP contribution >= 0.6 is 11.3 Å². The molecular formula is C24H22N2O3S. The molecule has 152 valence electrons. The topological polar surface area (TPSA) is 71.9 Å². The second-order valence-corrected chi connectivity index (χ2v) is 8.60. The summed E-state index contributed by atoms with van der Waals surface area (Å²) in [6, 6.07) is 11.4. The minimum Gasteiger partial charge on any atom is -0.298 e. The number of nitrogens with one attached hydrogen (secondary N) is 1. The van der Waals surface area contributed by atoms with E-state index in [0.717, 1.165) is 37.9 Å². The third-order valence-corrected chi connectivity index (χ3v) is 6.41. The van der Waals surface area contributed by atoms with Crippen molar-refractivity contribution in [3.63, 3.8) is 0 Å². The van der Waals surface area contributed by atoms with Gasteiger partial charge in [0.15, 0.2) is 5.78 Å². The highest BCUT2D eigenvalue weighted by molar-refractivity contribution is 7.17. The number of H-pyrrole nitrogens is 1. The van der Waals surface area contributed by atoms with Gasteiger partial charge in [-0.2, -0.15) is 0 Å². The van der Waals surface area contributed by atoms with Crippen LogP contribution in [0, 0.1) is 27.7 Å². The van der Waals surface area contributed by atoms with E-state index in [1.807, 2.05) is 51.3 Å². The molecule has 0 aliphatic rings. The van der Waals surface area contributed by atoms with Crippen LogP contribution in [-0.4, -0.2) is 15.3 Å². The molecule has 30 heavy (non-hydrogen) atoms. The number of ketones is 1. The van der Waals surface area contributed by atoms with Crippen LogP contribution in [0.25, 0.3) is 21.3 Å². The fraction of sp³-hybridized carbons (Fsp3) is 0.208. The predicted octanol–water partition coefficient (Wildman–Crippen LogP) is 4.53. The minimum atomic E-state index is -0.571. The number of benzene rings is 2. The number of fused-ring (bicyclic) bond motifs is 1. The van der Waals surface area contributed by atoms with Gasteiger partial charge in [-0.15, -0.1) is 11.3 Å². The highest BCUT2D eigenvalue weighted by Gasteiger charge is 2.18. The lowest BCUT2D eigenvalue weighted by atomic mass is 9.99. The van der Waals surface area contributed by atoms with Gasteiger partial charge in [0.25, 0.3) is 5.56 Å². The number of thiophene rings is 1. The Bertz CT molecular complexity index is 1420. The van der Waals surface area contributed by atoms with E-state index in [2.05, 4.69) is 11.1 Å². The number of Topliss-reactive ketones (excluding diaryl/α,β-unsaturated/α-hetero) is 1. The van der Waals surface area contributed by atoms with Crippen molar-refractivity contribution >= 4 is 27.3 Å². The third-order valence-electron chi connectivity index (χ3n) is 5.52. The van der Waals surface area contributed by atoms with E-state index in [1.54, 1.807) is 12.1 Å². The van der Waals surface area contributed by atoms with Crippen LogP contribution in [0.15, 0.2) is 51.4 Å². The first kappa shape index (κ1) is 20.0. The molecule has 0 saturated carbocycles. The molecule has 0 spiro atoms. The highest BCUT2D eigenvalue weighted by Crippen LogP contribution is 2.32. The summed E-state index contributed by atoms with van der Waals surface area (Å²) in [5.41, 5.74) is 5.47. The maximum Gasteiger partial charge on any atom is 0.329 e. The van der Waals surface area contributed by atoms with Crippen molar-refractivity contribution in [2.24, 2.45) is 0 Å². The Morgan fingerprint density at radius 2 is 1.70 bits per heavy atom. The summed E-state index contributed by atoms with van der Waals surface area (Å²) >= 11 is 1.32. The average Bonchev–Trinajstić information content (AvgIpc) is 3.10. The number of rotatable bonds is 4. The summed E-state index contributed by atoms with van der Waals surface area (Å²) < 4.78 is 1.000. The van der Waals surface area contributed by atoms with E-state index < -0.39 is 11.2 Å². The lowest BCUT2D eigenvalue weighted by molar-refractivity contribution is 0.0969. The first-order valence-corrected chi connectivity index (χ1v) is 10.6. The van der Waals surface area contributed by atoms with Crippen LogP contribution in [-0.2, 0) is 6.54 Å². The van der Waals surface area contributed by atoms with Gasteiger partial charge >= 0.3 is 5.69 Å². The van der Waals surface area contributed by atoms with Gasteiger partial charge in [-0.1, -0.05) is 35.9 Å². The lowest BCUT2D eigenvalue weighted by Gasteiger charge is -2.08. The predicted molar refractivity (Wildman–Crippen MR) is 122 cm³/mol. The van der Waals surface area contributed by atoms with Crippen molar-refractivity contribution in [2.45, 2.75) is 34.2 Å². The Morgan fingerprint density at radius 3 is 2.40 bits per heavy atom. The van der Waals surface area contributed by atoms with Crippen LogP contribution in [0.5, 0.6) is 0 Å². The van der Waals surface area contributed by atoms with Gasteiger partial charge in [-0.05, 0) is 56.0 Å². The maximum atomic E-state index is 13.3. The number of aryl methyl sites for hydroxylation is 4. The molecule has 4 aromatic rings. The summed E-state index contributed by atoms with van der Waals surface area (Å²) in [4.78, 5) is 41.9. The summed E-state index contributed by atoms with van der Waals surface area (Å²) in [6.45, 7) is 7.62. The molecule has 0 amide bonds. The van der Waals surface area contributed by atoms with E-state index in [0.29, 0.717) is 15.8 Å². The Labute approximate surface area is 177 Å². The second-order valence-electron chi connectivity index (χ2n) is 7.72. The molecule has 4 rings (SSSR count). The molecule has 0 unspecified atom stereocenters. The molecule has 0 radical (unpaired) electrons.